The molecule has 0 radical (unpaired) electrons. The molecule has 1 saturated heterocycles. The second kappa shape index (κ2) is 8.95. The molecule has 2 amide bonds. The fourth-order valence-corrected chi connectivity index (χ4v) is 3.39. The molecule has 0 aliphatic carbocycles. The van der Waals surface area contributed by atoms with Crippen LogP contribution in [0.5, 0.6) is 5.75 Å². The van der Waals surface area contributed by atoms with Gasteiger partial charge in [-0.15, -0.1) is 0 Å². The fraction of sp³-hybridized carbons (Fsp3) is 0.150. The molecule has 2 aromatic rings. The molecule has 0 N–H and O–H groups in total. The van der Waals surface area contributed by atoms with Crippen molar-refractivity contribution in [2.75, 3.05) is 13.7 Å². The molecule has 28 heavy (non-hydrogen) atoms. The molecule has 8 heteroatoms. The third-order valence-electron chi connectivity index (χ3n) is 3.86. The molecule has 0 bridgehead atoms. The maximum absolute atomic E-state index is 12.4. The molecular formula is C20H16ClNO5S. The fourth-order valence-electron chi connectivity index (χ4n) is 2.42. The van der Waals surface area contributed by atoms with Crippen molar-refractivity contribution in [2.45, 2.75) is 6.61 Å². The molecule has 0 atom stereocenters. The third-order valence-corrected chi connectivity index (χ3v) is 5.02. The Hall–Kier alpha value is -2.77. The van der Waals surface area contributed by atoms with E-state index in [9.17, 15) is 14.4 Å². The van der Waals surface area contributed by atoms with E-state index in [-0.39, 0.29) is 4.91 Å². The minimum absolute atomic E-state index is 0.240. The first kappa shape index (κ1) is 20.0. The second-order valence-corrected chi connectivity index (χ2v) is 7.26. The number of amides is 2. The summed E-state index contributed by atoms with van der Waals surface area (Å²) in [5.74, 6) is -0.550. The SMILES string of the molecule is COC(=O)CN1C(=O)S/C(=C\c2cccc(OCc3ccc(Cl)cc3)c2)C1=O. The molecule has 2 aromatic carbocycles. The predicted octanol–water partition coefficient (Wildman–Crippen LogP) is 4.13. The number of carbonyl (C=O) groups is 3. The lowest BCUT2D eigenvalue weighted by molar-refractivity contribution is -0.143. The lowest BCUT2D eigenvalue weighted by Gasteiger charge is -2.09. The number of hydrogen-bond acceptors (Lipinski definition) is 6. The molecule has 3 rings (SSSR count). The number of esters is 1. The summed E-state index contributed by atoms with van der Waals surface area (Å²) in [6.45, 7) is -0.0288. The average molecular weight is 418 g/mol. The van der Waals surface area contributed by atoms with E-state index in [0.717, 1.165) is 22.2 Å². The molecule has 0 spiro atoms. The van der Waals surface area contributed by atoms with Crippen LogP contribution >= 0.6 is 23.4 Å². The van der Waals surface area contributed by atoms with Gasteiger partial charge in [-0.3, -0.25) is 19.3 Å². The molecule has 1 aliphatic heterocycles. The summed E-state index contributed by atoms with van der Waals surface area (Å²) in [5, 5.41) is 0.156. The lowest BCUT2D eigenvalue weighted by atomic mass is 10.2. The first-order valence-corrected chi connectivity index (χ1v) is 9.45. The Kier molecular flexibility index (Phi) is 6.38. The highest BCUT2D eigenvalue weighted by Gasteiger charge is 2.36. The van der Waals surface area contributed by atoms with Crippen LogP contribution in [-0.4, -0.2) is 35.7 Å². The molecule has 0 aromatic heterocycles. The topological polar surface area (TPSA) is 72.9 Å². The third kappa shape index (κ3) is 4.94. The average Bonchev–Trinajstić information content (AvgIpc) is 2.95. The Morgan fingerprint density at radius 2 is 1.93 bits per heavy atom. The molecule has 0 unspecified atom stereocenters. The number of halogens is 1. The van der Waals surface area contributed by atoms with Crippen LogP contribution in [0.4, 0.5) is 4.79 Å². The molecule has 0 saturated carbocycles. The highest BCUT2D eigenvalue weighted by molar-refractivity contribution is 8.18. The monoisotopic (exact) mass is 417 g/mol. The van der Waals surface area contributed by atoms with Crippen molar-refractivity contribution in [1.29, 1.82) is 0 Å². The van der Waals surface area contributed by atoms with Gasteiger partial charge < -0.3 is 9.47 Å². The van der Waals surface area contributed by atoms with E-state index in [0.29, 0.717) is 22.9 Å². The largest absolute Gasteiger partial charge is 0.489 e. The summed E-state index contributed by atoms with van der Waals surface area (Å²) >= 11 is 6.65. The second-order valence-electron chi connectivity index (χ2n) is 5.83. The zero-order valence-corrected chi connectivity index (χ0v) is 16.5. The van der Waals surface area contributed by atoms with E-state index in [4.69, 9.17) is 16.3 Å². The van der Waals surface area contributed by atoms with Crippen LogP contribution in [0, 0.1) is 0 Å². The highest BCUT2D eigenvalue weighted by Crippen LogP contribution is 2.32. The minimum atomic E-state index is -0.652. The van der Waals surface area contributed by atoms with Gasteiger partial charge >= 0.3 is 5.97 Å². The van der Waals surface area contributed by atoms with Crippen molar-refractivity contribution < 1.29 is 23.9 Å². The van der Waals surface area contributed by atoms with Crippen molar-refractivity contribution in [1.82, 2.24) is 4.90 Å². The molecule has 144 valence electrons. The van der Waals surface area contributed by atoms with Gasteiger partial charge in [0.2, 0.25) is 0 Å². The highest BCUT2D eigenvalue weighted by atomic mass is 35.5. The van der Waals surface area contributed by atoms with Gasteiger partial charge in [0.05, 0.1) is 12.0 Å². The van der Waals surface area contributed by atoms with Gasteiger partial charge in [0.1, 0.15) is 18.9 Å². The first-order valence-electron chi connectivity index (χ1n) is 8.26. The summed E-state index contributed by atoms with van der Waals surface area (Å²) in [5.41, 5.74) is 1.68. The van der Waals surface area contributed by atoms with E-state index < -0.39 is 23.7 Å². The number of imide groups is 1. The maximum atomic E-state index is 12.4. The van der Waals surface area contributed by atoms with E-state index >= 15 is 0 Å². The van der Waals surface area contributed by atoms with Crippen LogP contribution in [0.15, 0.2) is 53.4 Å². The van der Waals surface area contributed by atoms with Crippen molar-refractivity contribution in [2.24, 2.45) is 0 Å². The number of carbonyl (C=O) groups excluding carboxylic acids is 3. The van der Waals surface area contributed by atoms with Gasteiger partial charge in [0.15, 0.2) is 0 Å². The van der Waals surface area contributed by atoms with Gasteiger partial charge in [0.25, 0.3) is 11.1 Å². The number of ether oxygens (including phenoxy) is 2. The number of thioether (sulfide) groups is 1. The number of benzene rings is 2. The van der Waals surface area contributed by atoms with Crippen molar-refractivity contribution in [3.8, 4) is 5.75 Å². The van der Waals surface area contributed by atoms with Gasteiger partial charge in [-0.25, -0.2) is 0 Å². The smallest absolute Gasteiger partial charge is 0.325 e. The van der Waals surface area contributed by atoms with E-state index in [1.165, 1.54) is 7.11 Å². The van der Waals surface area contributed by atoms with E-state index in [1.807, 2.05) is 12.1 Å². The minimum Gasteiger partial charge on any atom is -0.489 e. The van der Waals surface area contributed by atoms with Crippen molar-refractivity contribution >= 4 is 46.6 Å². The normalized spacial score (nSPS) is 15.2. The van der Waals surface area contributed by atoms with Crippen LogP contribution in [0.2, 0.25) is 5.02 Å². The number of rotatable bonds is 6. The van der Waals surface area contributed by atoms with Gasteiger partial charge in [-0.2, -0.15) is 0 Å². The Labute approximate surface area is 171 Å². The summed E-state index contributed by atoms with van der Waals surface area (Å²) in [6.07, 6.45) is 1.59. The van der Waals surface area contributed by atoms with Crippen LogP contribution < -0.4 is 4.74 Å². The quantitative estimate of drug-likeness (QED) is 0.519. The zero-order valence-electron chi connectivity index (χ0n) is 14.9. The Morgan fingerprint density at radius 1 is 1.18 bits per heavy atom. The summed E-state index contributed by atoms with van der Waals surface area (Å²) in [7, 11) is 1.20. The van der Waals surface area contributed by atoms with Crippen LogP contribution in [0.1, 0.15) is 11.1 Å². The Morgan fingerprint density at radius 3 is 2.64 bits per heavy atom. The van der Waals surface area contributed by atoms with Crippen molar-refractivity contribution in [3.63, 3.8) is 0 Å². The Bertz CT molecular complexity index is 942. The lowest BCUT2D eigenvalue weighted by Crippen LogP contribution is -2.34. The standard InChI is InChI=1S/C20H16ClNO5S/c1-26-18(23)11-22-19(24)17(28-20(22)25)10-14-3-2-4-16(9-14)27-12-13-5-7-15(21)8-6-13/h2-10H,11-12H2,1H3/b17-10-. The van der Waals surface area contributed by atoms with Gasteiger partial charge in [-0.1, -0.05) is 35.9 Å². The molecular weight excluding hydrogens is 402 g/mol. The number of nitrogens with zero attached hydrogens (tertiary/aromatic N) is 1. The Balaban J connectivity index is 1.69. The molecule has 1 heterocycles. The van der Waals surface area contributed by atoms with E-state index in [2.05, 4.69) is 4.74 Å². The maximum Gasteiger partial charge on any atom is 0.325 e. The molecule has 1 fully saturated rings. The van der Waals surface area contributed by atoms with Gasteiger partial charge in [-0.05, 0) is 53.2 Å². The zero-order chi connectivity index (χ0) is 20.1. The molecule has 6 nitrogen and oxygen atoms in total. The summed E-state index contributed by atoms with van der Waals surface area (Å²) < 4.78 is 10.3. The first-order chi connectivity index (χ1) is 13.5. The molecule has 1 aliphatic rings. The predicted molar refractivity (Wildman–Crippen MR) is 107 cm³/mol. The van der Waals surface area contributed by atoms with Crippen LogP contribution in [0.3, 0.4) is 0 Å². The van der Waals surface area contributed by atoms with Crippen molar-refractivity contribution in [3.05, 3.63) is 69.6 Å². The van der Waals surface area contributed by atoms with Gasteiger partial charge in [0, 0.05) is 5.02 Å². The number of methoxy groups -OCH3 is 1. The van der Waals surface area contributed by atoms with E-state index in [1.54, 1.807) is 42.5 Å². The van der Waals surface area contributed by atoms with Crippen LogP contribution in [-0.2, 0) is 20.9 Å². The summed E-state index contributed by atoms with van der Waals surface area (Å²) in [4.78, 5) is 36.8. The summed E-state index contributed by atoms with van der Waals surface area (Å²) in [6, 6.07) is 14.5. The number of hydrogen-bond donors (Lipinski definition) is 0. The van der Waals surface area contributed by atoms with Crippen LogP contribution in [0.25, 0.3) is 6.08 Å².